The van der Waals surface area contributed by atoms with Crippen LogP contribution in [-0.4, -0.2) is 51.3 Å². The van der Waals surface area contributed by atoms with Gasteiger partial charge in [0.05, 0.1) is 47.4 Å². The molecular weight excluding hydrogens is 800 g/mol. The minimum atomic E-state index is -0.431. The third-order valence-corrected chi connectivity index (χ3v) is 11.2. The second kappa shape index (κ2) is 14.4. The van der Waals surface area contributed by atoms with E-state index in [-0.39, 0.29) is 11.8 Å². The molecule has 0 radical (unpaired) electrons. The molecule has 4 aromatic heterocycles. The van der Waals surface area contributed by atoms with Crippen LogP contribution in [0.15, 0.2) is 70.4 Å². The van der Waals surface area contributed by atoms with E-state index >= 15 is 0 Å². The van der Waals surface area contributed by atoms with Crippen LogP contribution in [0, 0.1) is 0 Å². The van der Waals surface area contributed by atoms with Gasteiger partial charge < -0.3 is 10.6 Å². The average Bonchev–Trinajstić information content (AvgIpc) is 3.97. The van der Waals surface area contributed by atoms with Crippen molar-refractivity contribution in [3.63, 3.8) is 0 Å². The first-order chi connectivity index (χ1) is 24.8. The molecule has 4 aliphatic rings. The van der Waals surface area contributed by atoms with E-state index in [1.54, 1.807) is 12.5 Å². The van der Waals surface area contributed by atoms with Crippen LogP contribution in [0.1, 0.15) is 86.2 Å². The summed E-state index contributed by atoms with van der Waals surface area (Å²) in [6, 6.07) is 12.5. The highest BCUT2D eigenvalue weighted by molar-refractivity contribution is 9.10. The molecule has 1 atom stereocenters. The van der Waals surface area contributed by atoms with E-state index in [1.165, 1.54) is 44.9 Å². The molecule has 2 amide bonds. The van der Waals surface area contributed by atoms with E-state index < -0.39 is 5.92 Å². The van der Waals surface area contributed by atoms with Crippen molar-refractivity contribution in [1.82, 2.24) is 39.5 Å². The molecule has 6 aromatic rings. The number of rotatable bonds is 3. The highest BCUT2D eigenvalue weighted by Gasteiger charge is 2.35. The standard InChI is InChI=1S/C18H16BrN5O.C10H11ClN4.C8H6BrNO/c19-10-5-6-14-12(7-10)15(18(25)23-14)16-13-8-22-24(11-3-1-2-4-11)17(13)21-9-20-16;11-9-8-5-14-15(7-3-1-2-4-7)10(8)13-6-12-9;9-6-1-2-7-5(3-6)4-8(11)10-7/h5-9,11,15H,1-4H2,(H,23,25);5-7H,1-4H2;1-3H,4H2,(H,10,11). The van der Waals surface area contributed by atoms with E-state index in [0.717, 1.165) is 72.0 Å². The number of aromatic nitrogens is 8. The van der Waals surface area contributed by atoms with Crippen LogP contribution >= 0.6 is 43.5 Å². The van der Waals surface area contributed by atoms with Gasteiger partial charge in [0.25, 0.3) is 0 Å². The fourth-order valence-electron chi connectivity index (χ4n) is 7.48. The van der Waals surface area contributed by atoms with Crippen molar-refractivity contribution in [2.45, 2.75) is 75.8 Å². The molecule has 0 bridgehead atoms. The van der Waals surface area contributed by atoms with Gasteiger partial charge in [-0.15, -0.1) is 0 Å². The molecule has 1 unspecified atom stereocenters. The minimum Gasteiger partial charge on any atom is -0.326 e. The molecule has 0 spiro atoms. The molecule has 0 saturated heterocycles. The first-order valence-corrected chi connectivity index (χ1v) is 19.0. The number of nitrogens with one attached hydrogen (secondary N) is 2. The maximum Gasteiger partial charge on any atom is 0.238 e. The summed E-state index contributed by atoms with van der Waals surface area (Å²) >= 11 is 12.8. The zero-order chi connectivity index (χ0) is 35.1. The molecule has 51 heavy (non-hydrogen) atoms. The van der Waals surface area contributed by atoms with Gasteiger partial charge in [-0.25, -0.2) is 29.3 Å². The van der Waals surface area contributed by atoms with Gasteiger partial charge in [0.15, 0.2) is 11.3 Å². The van der Waals surface area contributed by atoms with Gasteiger partial charge in [-0.05, 0) is 73.2 Å². The van der Waals surface area contributed by atoms with E-state index in [1.807, 2.05) is 52.0 Å². The zero-order valence-corrected chi connectivity index (χ0v) is 31.3. The van der Waals surface area contributed by atoms with Gasteiger partial charge in [0.2, 0.25) is 11.8 Å². The lowest BCUT2D eigenvalue weighted by molar-refractivity contribution is -0.116. The summed E-state index contributed by atoms with van der Waals surface area (Å²) in [4.78, 5) is 40.7. The Hall–Kier alpha value is -4.27. The summed E-state index contributed by atoms with van der Waals surface area (Å²) in [6.45, 7) is 0. The van der Waals surface area contributed by atoms with Crippen LogP contribution in [0.25, 0.3) is 22.1 Å². The average molecular weight is 833 g/mol. The lowest BCUT2D eigenvalue weighted by atomic mass is 9.95. The monoisotopic (exact) mass is 830 g/mol. The van der Waals surface area contributed by atoms with E-state index in [0.29, 0.717) is 23.7 Å². The molecule has 2 aromatic carbocycles. The van der Waals surface area contributed by atoms with Gasteiger partial charge in [0, 0.05) is 20.3 Å². The van der Waals surface area contributed by atoms with Crippen LogP contribution in [0.3, 0.4) is 0 Å². The summed E-state index contributed by atoms with van der Waals surface area (Å²) in [5.41, 5.74) is 6.21. The number of carbonyl (C=O) groups excluding carboxylic acids is 2. The Morgan fingerprint density at radius 2 is 1.29 bits per heavy atom. The SMILES string of the molecule is Clc1ncnc2c1cnn2C1CCCC1.O=C1Cc2cc(Br)ccc2N1.O=C1Nc2ccc(Br)cc2C1c1ncnc2c1cnn2C1CCCC1. The number of benzene rings is 2. The molecule has 2 fully saturated rings. The van der Waals surface area contributed by atoms with Crippen molar-refractivity contribution in [3.8, 4) is 0 Å². The number of amides is 2. The van der Waals surface area contributed by atoms with Gasteiger partial charge in [-0.3, -0.25) is 9.59 Å². The smallest absolute Gasteiger partial charge is 0.238 e. The van der Waals surface area contributed by atoms with Crippen LogP contribution in [0.4, 0.5) is 11.4 Å². The number of halogens is 3. The van der Waals surface area contributed by atoms with E-state index in [4.69, 9.17) is 11.6 Å². The molecule has 6 heterocycles. The number of nitrogens with zero attached hydrogens (tertiary/aromatic N) is 8. The van der Waals surface area contributed by atoms with E-state index in [9.17, 15) is 9.59 Å². The van der Waals surface area contributed by atoms with E-state index in [2.05, 4.69) is 72.6 Å². The topological polar surface area (TPSA) is 145 Å². The summed E-state index contributed by atoms with van der Waals surface area (Å²) < 4.78 is 5.98. The highest BCUT2D eigenvalue weighted by Crippen LogP contribution is 2.41. The molecule has 260 valence electrons. The highest BCUT2D eigenvalue weighted by atomic mass is 79.9. The molecule has 2 saturated carbocycles. The van der Waals surface area contributed by atoms with Crippen LogP contribution in [-0.2, 0) is 16.0 Å². The normalized spacial score (nSPS) is 18.2. The van der Waals surface area contributed by atoms with Crippen LogP contribution in [0.5, 0.6) is 0 Å². The van der Waals surface area contributed by atoms with Gasteiger partial charge in [0.1, 0.15) is 23.7 Å². The lowest BCUT2D eigenvalue weighted by Crippen LogP contribution is -2.15. The summed E-state index contributed by atoms with van der Waals surface area (Å²) in [5.74, 6) is -0.404. The van der Waals surface area contributed by atoms with Gasteiger partial charge in [-0.2, -0.15) is 10.2 Å². The van der Waals surface area contributed by atoms with Crippen LogP contribution in [0.2, 0.25) is 5.15 Å². The Kier molecular flexibility index (Phi) is 9.55. The first-order valence-electron chi connectivity index (χ1n) is 17.0. The number of carbonyl (C=O) groups is 2. The molecule has 10 rings (SSSR count). The Morgan fingerprint density at radius 1 is 0.706 bits per heavy atom. The molecule has 2 aliphatic carbocycles. The fourth-order valence-corrected chi connectivity index (χ4v) is 8.44. The number of anilines is 2. The Morgan fingerprint density at radius 3 is 1.98 bits per heavy atom. The second-order valence-electron chi connectivity index (χ2n) is 13.1. The van der Waals surface area contributed by atoms with Crippen LogP contribution < -0.4 is 10.6 Å². The Bertz CT molecular complexity index is 2280. The Labute approximate surface area is 315 Å². The fraction of sp³-hybridized carbons (Fsp3) is 0.333. The molecule has 15 heteroatoms. The van der Waals surface area contributed by atoms with Crippen molar-refractivity contribution < 1.29 is 9.59 Å². The third kappa shape index (κ3) is 6.76. The number of fused-ring (bicyclic) bond motifs is 4. The summed E-state index contributed by atoms with van der Waals surface area (Å²) in [6.07, 6.45) is 16.8. The predicted octanol–water partition coefficient (Wildman–Crippen LogP) is 8.33. The predicted molar refractivity (Wildman–Crippen MR) is 202 cm³/mol. The zero-order valence-electron chi connectivity index (χ0n) is 27.4. The quantitative estimate of drug-likeness (QED) is 0.170. The largest absolute Gasteiger partial charge is 0.326 e. The molecule has 2 aliphatic heterocycles. The third-order valence-electron chi connectivity index (χ3n) is 9.92. The molecule has 12 nitrogen and oxygen atoms in total. The maximum absolute atomic E-state index is 12.6. The van der Waals surface area contributed by atoms with Gasteiger partial charge >= 0.3 is 0 Å². The van der Waals surface area contributed by atoms with Gasteiger partial charge in [-0.1, -0.05) is 69.1 Å². The van der Waals surface area contributed by atoms with Crippen molar-refractivity contribution in [2.24, 2.45) is 0 Å². The summed E-state index contributed by atoms with van der Waals surface area (Å²) in [7, 11) is 0. The van der Waals surface area contributed by atoms with Crippen molar-refractivity contribution in [1.29, 1.82) is 0 Å². The minimum absolute atomic E-state index is 0.0540. The Balaban J connectivity index is 0.000000122. The molecular formula is C36H33Br2ClN10O2. The maximum atomic E-state index is 12.6. The number of hydrogen-bond acceptors (Lipinski definition) is 8. The summed E-state index contributed by atoms with van der Waals surface area (Å²) in [5, 5.41) is 16.9. The molecule has 2 N–H and O–H groups in total. The first kappa shape index (κ1) is 33.9. The number of hydrogen-bond donors (Lipinski definition) is 2. The van der Waals surface area contributed by atoms with Crippen molar-refractivity contribution in [2.75, 3.05) is 10.6 Å². The van der Waals surface area contributed by atoms with Crippen molar-refractivity contribution in [3.05, 3.63) is 92.4 Å². The van der Waals surface area contributed by atoms with Crippen molar-refractivity contribution >= 4 is 88.7 Å². The second-order valence-corrected chi connectivity index (χ2v) is 15.3. The lowest BCUT2D eigenvalue weighted by Gasteiger charge is -2.12.